The number of nitrogens with zero attached hydrogens (tertiary/aromatic N) is 6. The molecule has 0 saturated carbocycles. The number of rotatable bonds is 15. The molecule has 0 spiro atoms. The third kappa shape index (κ3) is 19.6. The average molecular weight is 1280 g/mol. The third-order valence-corrected chi connectivity index (χ3v) is 14.6. The Morgan fingerprint density at radius 2 is 0.500 bits per heavy atom. The third-order valence-electron chi connectivity index (χ3n) is 14.6. The van der Waals surface area contributed by atoms with E-state index in [1.807, 2.05) is 140 Å². The molecular weight excluding hydrogens is 1180 g/mol. The zero-order valence-corrected chi connectivity index (χ0v) is 58.4. The van der Waals surface area contributed by atoms with Crippen LogP contribution < -0.4 is 30.6 Å². The zero-order chi connectivity index (χ0) is 62.4. The van der Waals surface area contributed by atoms with Crippen molar-refractivity contribution >= 4 is 35.8 Å². The van der Waals surface area contributed by atoms with Crippen LogP contribution in [-0.2, 0) is 82.0 Å². The molecule has 0 unspecified atom stereocenters. The summed E-state index contributed by atoms with van der Waals surface area (Å²) in [5, 5.41) is 86.0. The molecule has 0 radical (unpaired) electrons. The van der Waals surface area contributed by atoms with Gasteiger partial charge >= 0.3 is 49.5 Å². The van der Waals surface area contributed by atoms with Crippen LogP contribution in [-0.4, -0.2) is 72.0 Å². The summed E-state index contributed by atoms with van der Waals surface area (Å²) < 4.78 is 0. The van der Waals surface area contributed by atoms with Crippen molar-refractivity contribution in [1.29, 1.82) is 0 Å². The van der Waals surface area contributed by atoms with Gasteiger partial charge in [0.1, 0.15) is 0 Å². The Morgan fingerprint density at radius 3 is 0.667 bits per heavy atom. The van der Waals surface area contributed by atoms with E-state index in [2.05, 4.69) is 62.3 Å². The van der Waals surface area contributed by atoms with E-state index in [0.717, 1.165) is 16.7 Å². The molecule has 0 saturated heterocycles. The Kier molecular flexibility index (Phi) is 25.3. The van der Waals surface area contributed by atoms with Crippen molar-refractivity contribution < 1.29 is 80.1 Å². The maximum Gasteiger partial charge on any atom is 2.00 e. The second-order valence-corrected chi connectivity index (χ2v) is 30.4. The van der Waals surface area contributed by atoms with E-state index in [4.69, 9.17) is 30.0 Å². The summed E-state index contributed by atoms with van der Waals surface area (Å²) in [5.41, 5.74) is 1.28. The first kappa shape index (κ1) is 77.2. The van der Waals surface area contributed by atoms with Crippen molar-refractivity contribution in [3.8, 4) is 34.5 Å². The number of hydrogen-bond acceptors (Lipinski definition) is 12. The molecule has 0 atom stereocenters. The molecule has 4 aromatic carbocycles. The van der Waals surface area contributed by atoms with Crippen LogP contribution >= 0.6 is 0 Å². The van der Waals surface area contributed by atoms with Crippen LogP contribution in [0.3, 0.4) is 0 Å². The van der Waals surface area contributed by atoms with E-state index >= 15 is 0 Å². The minimum absolute atomic E-state index is 0. The van der Waals surface area contributed by atoms with Crippen molar-refractivity contribution in [2.45, 2.75) is 236 Å². The summed E-state index contributed by atoms with van der Waals surface area (Å²) in [7, 11) is 0. The van der Waals surface area contributed by atoms with E-state index in [1.165, 1.54) is 0 Å². The first-order chi connectivity index (χ1) is 36.4. The van der Waals surface area contributed by atoms with Crippen molar-refractivity contribution in [3.63, 3.8) is 0 Å². The first-order valence-corrected chi connectivity index (χ1v) is 28.4. The predicted molar refractivity (Wildman–Crippen MR) is 331 cm³/mol. The van der Waals surface area contributed by atoms with Crippen LogP contribution in [0.5, 0.6) is 34.5 Å². The van der Waals surface area contributed by atoms with Gasteiger partial charge in [-0.1, -0.05) is 196 Å². The second-order valence-electron chi connectivity index (χ2n) is 30.4. The van der Waals surface area contributed by atoms with Gasteiger partial charge in [-0.15, -0.1) is 0 Å². The van der Waals surface area contributed by atoms with Gasteiger partial charge in [0, 0.05) is 35.8 Å². The van der Waals surface area contributed by atoms with E-state index in [9.17, 15) is 30.6 Å². The van der Waals surface area contributed by atoms with E-state index in [1.54, 1.807) is 39.4 Å². The van der Waals surface area contributed by atoms with E-state index in [0.29, 0.717) is 33.4 Å². The van der Waals surface area contributed by atoms with Gasteiger partial charge in [-0.2, -0.15) is 0 Å². The minimum atomic E-state index is -0.902. The maximum absolute atomic E-state index is 14.8. The molecule has 15 heteroatoms. The monoisotopic (exact) mass is 1280 g/mol. The molecule has 0 N–H and O–H groups in total. The van der Waals surface area contributed by atoms with Gasteiger partial charge in [0.2, 0.25) is 0 Å². The zero-order valence-electron chi connectivity index (χ0n) is 55.4. The van der Waals surface area contributed by atoms with Crippen molar-refractivity contribution in [2.24, 2.45) is 30.0 Å². The summed E-state index contributed by atoms with van der Waals surface area (Å²) in [4.78, 5) is 28.9. The van der Waals surface area contributed by atoms with Crippen molar-refractivity contribution in [2.75, 3.05) is 19.6 Å². The van der Waals surface area contributed by atoms with Gasteiger partial charge in [0.05, 0.1) is 36.3 Å². The summed E-state index contributed by atoms with van der Waals surface area (Å²) >= 11 is 0. The first-order valence-electron chi connectivity index (χ1n) is 28.4. The molecule has 0 fully saturated rings. The van der Waals surface area contributed by atoms with Gasteiger partial charge in [-0.05, 0) is 162 Å². The molecule has 0 aliphatic heterocycles. The van der Waals surface area contributed by atoms with Crippen LogP contribution in [0, 0.1) is 0 Å². The molecule has 0 aliphatic carbocycles. The Bertz CT molecular complexity index is 2840. The maximum atomic E-state index is 14.8. The van der Waals surface area contributed by atoms with Gasteiger partial charge < -0.3 is 30.6 Å². The molecule has 468 valence electrons. The molecule has 0 aromatic heterocycles. The molecule has 0 bridgehead atoms. The summed E-state index contributed by atoms with van der Waals surface area (Å²) in [6.07, 6.45) is 4.77. The van der Waals surface area contributed by atoms with Gasteiger partial charge in [-0.3, -0.25) is 30.0 Å². The van der Waals surface area contributed by atoms with Crippen molar-refractivity contribution in [1.82, 2.24) is 0 Å². The topological polar surface area (TPSA) is 213 Å². The molecule has 0 aliphatic rings. The van der Waals surface area contributed by atoms with E-state index in [-0.39, 0.29) is 136 Å². The Labute approximate surface area is 535 Å². The van der Waals surface area contributed by atoms with Gasteiger partial charge in [0.15, 0.2) is 0 Å². The quantitative estimate of drug-likeness (QED) is 0.0833. The Morgan fingerprint density at radius 1 is 0.310 bits per heavy atom. The molecule has 84 heavy (non-hydrogen) atoms. The van der Waals surface area contributed by atoms with Crippen LogP contribution in [0.1, 0.15) is 254 Å². The fraction of sp³-hybridized carbons (Fsp3) is 0.565. The van der Waals surface area contributed by atoms with Crippen LogP contribution in [0.4, 0.5) is 0 Å². The molecule has 4 rings (SSSR count). The fourth-order valence-corrected chi connectivity index (χ4v) is 8.91. The van der Waals surface area contributed by atoms with Gasteiger partial charge in [-0.25, -0.2) is 0 Å². The average Bonchev–Trinajstić information content (AvgIpc) is 3.33. The normalized spacial score (nSPS) is 14.1. The smallest absolute Gasteiger partial charge is 0.872 e. The number of hydrogen-bond donors (Lipinski definition) is 0. The van der Waals surface area contributed by atoms with Crippen LogP contribution in [0.25, 0.3) is 0 Å². The molecule has 4 aromatic rings. The SMILES string of the molecule is CC(=NCC(C)(C)N=Cc1cc(C(C)(C)C)cc(C(C)(C)C)c1[O-])c1c([O-])c(C(C)=NCC(C)(C)N=Cc2cc(C(C)(C)C)cc(C(C)(C)C)c2[O-])c([O-])c(C(C)=NCC(C)(C)N=Cc2cc(C(C)(C)C)cc(C(C)(C)C)c2[O-])c1[O-].[Ni+2].[Ni+2].[Ni+2]. The van der Waals surface area contributed by atoms with E-state index < -0.39 is 50.1 Å². The molecular formula is C69H96N6Ni3O6. The molecule has 12 nitrogen and oxygen atoms in total. The Hall–Kier alpha value is -4.82. The summed E-state index contributed by atoms with van der Waals surface area (Å²) in [5.74, 6) is -2.75. The van der Waals surface area contributed by atoms with Crippen LogP contribution in [0.15, 0.2) is 66.4 Å². The largest absolute Gasteiger partial charge is 2.00 e. The summed E-state index contributed by atoms with van der Waals surface area (Å²) in [6, 6.07) is 11.6. The molecule has 0 amide bonds. The van der Waals surface area contributed by atoms with Crippen molar-refractivity contribution in [3.05, 3.63) is 103 Å². The second kappa shape index (κ2) is 27.5. The number of benzene rings is 4. The summed E-state index contributed by atoms with van der Waals surface area (Å²) in [6.45, 7) is 52.9. The molecule has 0 heterocycles. The standard InChI is InChI=1S/C69H102N6O6.3Ni/c1-40(70-37-67(22,23)73-34-43-28-46(61(4,5)6)31-49(55(43)76)64(13,14)15)52-58(79)53(41(2)71-38-68(24,25)74-35-44-29-47(62(7,8)9)32-50(56(44)77)65(16,17)18)60(81)54(59(52)80)42(3)72-39-69(26,27)75-36-45-30-48(63(10,11)12)33-51(57(45)78)66(19,20)21;;;/h28-36,76-81H,37-39H2,1-27H3;;;/q;3*+2/p-6. The Balaban J connectivity index is 0.0000118. The fourth-order valence-electron chi connectivity index (χ4n) is 8.91. The number of aliphatic imine (C=N–C) groups is 6. The van der Waals surface area contributed by atoms with Crippen LogP contribution in [0.2, 0.25) is 0 Å². The minimum Gasteiger partial charge on any atom is -0.872 e. The van der Waals surface area contributed by atoms with Gasteiger partial charge in [0.25, 0.3) is 0 Å². The predicted octanol–water partition coefficient (Wildman–Crippen LogP) is 12.0.